The quantitative estimate of drug-likeness (QED) is 0.395. The fourth-order valence-electron chi connectivity index (χ4n) is 0.599. The summed E-state index contributed by atoms with van der Waals surface area (Å²) in [6.45, 7) is 6.60. The first-order valence-corrected chi connectivity index (χ1v) is 5.59. The summed E-state index contributed by atoms with van der Waals surface area (Å²) in [7, 11) is -2.67. The van der Waals surface area contributed by atoms with Gasteiger partial charge in [0.25, 0.3) is 0 Å². The van der Waals surface area contributed by atoms with Crippen LogP contribution in [0.4, 0.5) is 4.79 Å². The SMILES string of the molecule is C=CCOP(=O)(OCC=C)C(=O)NOC. The smallest absolute Gasteiger partial charge is 0.298 e. The zero-order valence-electron chi connectivity index (χ0n) is 8.47. The third-order valence-corrected chi connectivity index (χ3v) is 2.73. The van der Waals surface area contributed by atoms with Gasteiger partial charge in [-0.3, -0.25) is 18.7 Å². The van der Waals surface area contributed by atoms with Gasteiger partial charge in [0.05, 0.1) is 20.3 Å². The minimum atomic E-state index is -3.88. The molecule has 15 heavy (non-hydrogen) atoms. The van der Waals surface area contributed by atoms with Crippen molar-refractivity contribution in [2.24, 2.45) is 0 Å². The highest BCUT2D eigenvalue weighted by molar-refractivity contribution is 7.71. The van der Waals surface area contributed by atoms with Crippen LogP contribution >= 0.6 is 7.60 Å². The summed E-state index contributed by atoms with van der Waals surface area (Å²) in [5, 5.41) is 0. The molecule has 7 heteroatoms. The van der Waals surface area contributed by atoms with Gasteiger partial charge in [0.2, 0.25) is 0 Å². The Morgan fingerprint density at radius 3 is 2.13 bits per heavy atom. The lowest BCUT2D eigenvalue weighted by Crippen LogP contribution is -2.22. The third-order valence-electron chi connectivity index (χ3n) is 1.16. The van der Waals surface area contributed by atoms with Crippen LogP contribution in [0.1, 0.15) is 0 Å². The molecule has 0 radical (unpaired) electrons. The van der Waals surface area contributed by atoms with Gasteiger partial charge in [-0.05, 0) is 0 Å². The fraction of sp³-hybridized carbons (Fsp3) is 0.375. The Morgan fingerprint density at radius 1 is 1.33 bits per heavy atom. The van der Waals surface area contributed by atoms with E-state index in [-0.39, 0.29) is 13.2 Å². The number of carbonyl (C=O) groups excluding carboxylic acids is 1. The molecule has 1 amide bonds. The van der Waals surface area contributed by atoms with Gasteiger partial charge in [0.1, 0.15) is 0 Å². The normalized spacial score (nSPS) is 10.7. The van der Waals surface area contributed by atoms with Gasteiger partial charge in [-0.25, -0.2) is 10.0 Å². The maximum atomic E-state index is 11.8. The van der Waals surface area contributed by atoms with Crippen LogP contribution in [-0.2, 0) is 18.5 Å². The average molecular weight is 235 g/mol. The van der Waals surface area contributed by atoms with Gasteiger partial charge in [-0.2, -0.15) is 0 Å². The number of hydrogen-bond acceptors (Lipinski definition) is 5. The Hall–Kier alpha value is -0.940. The van der Waals surface area contributed by atoms with Crippen LogP contribution in [0.5, 0.6) is 0 Å². The lowest BCUT2D eigenvalue weighted by Gasteiger charge is -2.15. The fourth-order valence-corrected chi connectivity index (χ4v) is 1.71. The molecular weight excluding hydrogens is 221 g/mol. The molecule has 0 bridgehead atoms. The van der Waals surface area contributed by atoms with Crippen LogP contribution in [0.3, 0.4) is 0 Å². The summed E-state index contributed by atoms with van der Waals surface area (Å²) in [6.07, 6.45) is 2.70. The predicted octanol–water partition coefficient (Wildman–Crippen LogP) is 1.86. The highest BCUT2D eigenvalue weighted by atomic mass is 31.2. The van der Waals surface area contributed by atoms with Gasteiger partial charge < -0.3 is 0 Å². The number of nitrogens with one attached hydrogen (secondary N) is 1. The van der Waals surface area contributed by atoms with E-state index in [1.807, 2.05) is 5.48 Å². The molecule has 0 unspecified atom stereocenters. The van der Waals surface area contributed by atoms with Crippen molar-refractivity contribution >= 4 is 13.2 Å². The molecule has 0 aliphatic rings. The Bertz CT molecular complexity index is 262. The second-order valence-electron chi connectivity index (χ2n) is 2.28. The Labute approximate surface area is 88.4 Å². The Balaban J connectivity index is 4.51. The number of rotatable bonds is 8. The van der Waals surface area contributed by atoms with Crippen molar-refractivity contribution in [1.29, 1.82) is 0 Å². The maximum Gasteiger partial charge on any atom is 0.421 e. The summed E-state index contributed by atoms with van der Waals surface area (Å²) in [6, 6.07) is 0. The van der Waals surface area contributed by atoms with Crippen molar-refractivity contribution in [3.63, 3.8) is 0 Å². The van der Waals surface area contributed by atoms with E-state index >= 15 is 0 Å². The summed E-state index contributed by atoms with van der Waals surface area (Å²) in [4.78, 5) is 15.6. The Kier molecular flexibility index (Phi) is 6.90. The summed E-state index contributed by atoms with van der Waals surface area (Å²) in [5.41, 5.74) is 0.919. The summed E-state index contributed by atoms with van der Waals surface area (Å²) in [5.74, 6) is 0. The van der Waals surface area contributed by atoms with E-state index in [4.69, 9.17) is 9.05 Å². The highest BCUT2D eigenvalue weighted by Crippen LogP contribution is 2.48. The highest BCUT2D eigenvalue weighted by Gasteiger charge is 2.34. The van der Waals surface area contributed by atoms with Gasteiger partial charge in [0, 0.05) is 0 Å². The molecule has 0 aromatic heterocycles. The first-order chi connectivity index (χ1) is 7.10. The Morgan fingerprint density at radius 2 is 1.80 bits per heavy atom. The van der Waals surface area contributed by atoms with Crippen LogP contribution < -0.4 is 5.48 Å². The number of carbonyl (C=O) groups is 1. The molecule has 6 nitrogen and oxygen atoms in total. The van der Waals surface area contributed by atoms with E-state index in [1.54, 1.807) is 0 Å². The summed E-state index contributed by atoms with van der Waals surface area (Å²) >= 11 is 0. The van der Waals surface area contributed by atoms with Crippen LogP contribution in [-0.4, -0.2) is 26.0 Å². The van der Waals surface area contributed by atoms with E-state index < -0.39 is 13.2 Å². The van der Waals surface area contributed by atoms with Gasteiger partial charge in [-0.15, -0.1) is 13.2 Å². The van der Waals surface area contributed by atoms with E-state index in [2.05, 4.69) is 18.0 Å². The number of hydrogen-bond donors (Lipinski definition) is 1. The molecule has 0 atom stereocenters. The molecule has 0 fully saturated rings. The van der Waals surface area contributed by atoms with Crippen molar-refractivity contribution in [2.45, 2.75) is 0 Å². The first-order valence-electron chi connectivity index (χ1n) is 4.05. The zero-order chi connectivity index (χ0) is 11.7. The maximum absolute atomic E-state index is 11.8. The second kappa shape index (κ2) is 7.36. The van der Waals surface area contributed by atoms with Crippen LogP contribution in [0.25, 0.3) is 0 Å². The monoisotopic (exact) mass is 235 g/mol. The second-order valence-corrected chi connectivity index (χ2v) is 4.20. The van der Waals surface area contributed by atoms with Crippen molar-refractivity contribution in [2.75, 3.05) is 20.3 Å². The molecule has 0 aliphatic carbocycles. The minimum Gasteiger partial charge on any atom is -0.298 e. The molecule has 0 aromatic carbocycles. The van der Waals surface area contributed by atoms with Gasteiger partial charge in [-0.1, -0.05) is 12.2 Å². The molecule has 0 saturated heterocycles. The third kappa shape index (κ3) is 4.90. The molecule has 0 rings (SSSR count). The number of amides is 1. The van der Waals surface area contributed by atoms with E-state index in [0.29, 0.717) is 0 Å². The van der Waals surface area contributed by atoms with Crippen LogP contribution in [0, 0.1) is 0 Å². The molecule has 86 valence electrons. The molecule has 0 aromatic rings. The largest absolute Gasteiger partial charge is 0.421 e. The molecule has 1 N–H and O–H groups in total. The number of hydroxylamine groups is 1. The van der Waals surface area contributed by atoms with Crippen LogP contribution in [0.15, 0.2) is 25.3 Å². The molecule has 0 spiro atoms. The lowest BCUT2D eigenvalue weighted by atomic mass is 10.7. The van der Waals surface area contributed by atoms with Crippen molar-refractivity contribution in [3.05, 3.63) is 25.3 Å². The van der Waals surface area contributed by atoms with Crippen molar-refractivity contribution < 1.29 is 23.2 Å². The summed E-state index contributed by atoms with van der Waals surface area (Å²) < 4.78 is 21.3. The standard InChI is InChI=1S/C8H14NO5P/c1-4-6-13-15(11,14-7-5-2)8(10)9-12-3/h4-5H,1-2,6-7H2,3H3,(H,9,10). The van der Waals surface area contributed by atoms with E-state index in [1.165, 1.54) is 19.3 Å². The average Bonchev–Trinajstić information content (AvgIpc) is 2.24. The zero-order valence-corrected chi connectivity index (χ0v) is 9.37. The van der Waals surface area contributed by atoms with Gasteiger partial charge >= 0.3 is 13.2 Å². The van der Waals surface area contributed by atoms with E-state index in [0.717, 1.165) is 0 Å². The predicted molar refractivity (Wildman–Crippen MR) is 55.4 cm³/mol. The van der Waals surface area contributed by atoms with Crippen LogP contribution in [0.2, 0.25) is 0 Å². The van der Waals surface area contributed by atoms with Crippen molar-refractivity contribution in [1.82, 2.24) is 5.48 Å². The molecule has 0 aliphatic heterocycles. The topological polar surface area (TPSA) is 73.9 Å². The van der Waals surface area contributed by atoms with Gasteiger partial charge in [0.15, 0.2) is 0 Å². The molecule has 0 heterocycles. The minimum absolute atomic E-state index is 0.0639. The lowest BCUT2D eigenvalue weighted by molar-refractivity contribution is 0.113. The molecular formula is C8H14NO5P. The first kappa shape index (κ1) is 14.1. The van der Waals surface area contributed by atoms with Crippen molar-refractivity contribution in [3.8, 4) is 0 Å². The van der Waals surface area contributed by atoms with E-state index in [9.17, 15) is 9.36 Å². The molecule has 0 saturated carbocycles.